The highest BCUT2D eigenvalue weighted by atomic mass is 79.9. The molecule has 0 saturated heterocycles. The molecule has 0 aliphatic carbocycles. The predicted octanol–water partition coefficient (Wildman–Crippen LogP) is 4.58. The standard InChI is InChI=1S/C18H10BrF3N2O3/c19-13-6-5-9(15-16(25)23-8-14(24-15)17(26)27)7-11(13)10-3-1-2-4-12(10)18(20,21)22/h1-8H,(H,23,25)(H,26,27). The molecule has 27 heavy (non-hydrogen) atoms. The third-order valence-corrected chi connectivity index (χ3v) is 4.46. The van der Waals surface area contributed by atoms with Gasteiger partial charge in [-0.3, -0.25) is 4.79 Å². The first-order valence-electron chi connectivity index (χ1n) is 7.48. The van der Waals surface area contributed by atoms with Gasteiger partial charge in [0.25, 0.3) is 5.56 Å². The van der Waals surface area contributed by atoms with E-state index in [1.807, 2.05) is 0 Å². The quantitative estimate of drug-likeness (QED) is 0.626. The highest BCUT2D eigenvalue weighted by molar-refractivity contribution is 9.10. The first-order chi connectivity index (χ1) is 12.7. The first-order valence-corrected chi connectivity index (χ1v) is 8.27. The Labute approximate surface area is 158 Å². The molecule has 0 unspecified atom stereocenters. The maximum absolute atomic E-state index is 13.3. The van der Waals surface area contributed by atoms with Gasteiger partial charge in [-0.2, -0.15) is 13.2 Å². The van der Waals surface area contributed by atoms with Crippen LogP contribution >= 0.6 is 15.9 Å². The first kappa shape index (κ1) is 18.8. The average molecular weight is 439 g/mol. The summed E-state index contributed by atoms with van der Waals surface area (Å²) in [7, 11) is 0. The third kappa shape index (κ3) is 3.77. The van der Waals surface area contributed by atoms with Crippen LogP contribution in [0.3, 0.4) is 0 Å². The summed E-state index contributed by atoms with van der Waals surface area (Å²) in [6.45, 7) is 0. The second-order valence-electron chi connectivity index (χ2n) is 5.51. The van der Waals surface area contributed by atoms with Crippen LogP contribution in [0.5, 0.6) is 0 Å². The largest absolute Gasteiger partial charge is 0.476 e. The summed E-state index contributed by atoms with van der Waals surface area (Å²) in [5, 5.41) is 9.03. The zero-order valence-electron chi connectivity index (χ0n) is 13.3. The molecule has 9 heteroatoms. The molecule has 1 aromatic heterocycles. The van der Waals surface area contributed by atoms with Gasteiger partial charge in [-0.05, 0) is 29.3 Å². The van der Waals surface area contributed by atoms with Crippen LogP contribution in [0.1, 0.15) is 16.1 Å². The molecule has 1 heterocycles. The van der Waals surface area contributed by atoms with Gasteiger partial charge in [-0.25, -0.2) is 9.78 Å². The van der Waals surface area contributed by atoms with Gasteiger partial charge in [0, 0.05) is 16.2 Å². The molecule has 0 fully saturated rings. The maximum Gasteiger partial charge on any atom is 0.417 e. The van der Waals surface area contributed by atoms with E-state index in [1.54, 1.807) is 0 Å². The average Bonchev–Trinajstić information content (AvgIpc) is 2.62. The lowest BCUT2D eigenvalue weighted by molar-refractivity contribution is -0.137. The zero-order chi connectivity index (χ0) is 19.8. The fraction of sp³-hybridized carbons (Fsp3) is 0.0556. The molecule has 3 aromatic rings. The van der Waals surface area contributed by atoms with Gasteiger partial charge < -0.3 is 10.1 Å². The third-order valence-electron chi connectivity index (χ3n) is 3.77. The minimum atomic E-state index is -4.56. The Morgan fingerprint density at radius 2 is 1.81 bits per heavy atom. The van der Waals surface area contributed by atoms with E-state index in [2.05, 4.69) is 25.9 Å². The van der Waals surface area contributed by atoms with Crippen LogP contribution in [0.4, 0.5) is 13.2 Å². The summed E-state index contributed by atoms with van der Waals surface area (Å²) in [5.74, 6) is -1.34. The minimum Gasteiger partial charge on any atom is -0.476 e. The fourth-order valence-electron chi connectivity index (χ4n) is 2.56. The van der Waals surface area contributed by atoms with Crippen LogP contribution in [0, 0.1) is 0 Å². The molecule has 0 amide bonds. The normalized spacial score (nSPS) is 11.4. The highest BCUT2D eigenvalue weighted by Gasteiger charge is 2.33. The summed E-state index contributed by atoms with van der Waals surface area (Å²) in [6.07, 6.45) is -3.61. The van der Waals surface area contributed by atoms with Crippen molar-refractivity contribution in [2.75, 3.05) is 0 Å². The van der Waals surface area contributed by atoms with Gasteiger partial charge in [0.2, 0.25) is 0 Å². The molecule has 0 aliphatic heterocycles. The Bertz CT molecular complexity index is 1090. The van der Waals surface area contributed by atoms with Crippen LogP contribution in [0.25, 0.3) is 22.4 Å². The molecule has 0 spiro atoms. The number of alkyl halides is 3. The number of benzene rings is 2. The summed E-state index contributed by atoms with van der Waals surface area (Å²) < 4.78 is 40.4. The molecule has 0 bridgehead atoms. The van der Waals surface area contributed by atoms with Crippen molar-refractivity contribution in [3.63, 3.8) is 0 Å². The van der Waals surface area contributed by atoms with Gasteiger partial charge >= 0.3 is 12.1 Å². The van der Waals surface area contributed by atoms with Gasteiger partial charge in [-0.1, -0.05) is 40.2 Å². The number of aromatic nitrogens is 2. The lowest BCUT2D eigenvalue weighted by atomic mass is 9.97. The highest BCUT2D eigenvalue weighted by Crippen LogP contribution is 2.40. The van der Waals surface area contributed by atoms with Crippen LogP contribution < -0.4 is 5.56 Å². The van der Waals surface area contributed by atoms with Crippen molar-refractivity contribution in [1.82, 2.24) is 9.97 Å². The van der Waals surface area contributed by atoms with Gasteiger partial charge in [0.1, 0.15) is 5.69 Å². The van der Waals surface area contributed by atoms with E-state index in [9.17, 15) is 22.8 Å². The van der Waals surface area contributed by atoms with Crippen molar-refractivity contribution in [2.24, 2.45) is 0 Å². The van der Waals surface area contributed by atoms with E-state index in [0.717, 1.165) is 12.3 Å². The summed E-state index contributed by atoms with van der Waals surface area (Å²) in [4.78, 5) is 29.2. The topological polar surface area (TPSA) is 83.0 Å². The van der Waals surface area contributed by atoms with Crippen molar-refractivity contribution in [3.8, 4) is 22.4 Å². The van der Waals surface area contributed by atoms with E-state index in [4.69, 9.17) is 5.11 Å². The van der Waals surface area contributed by atoms with E-state index in [1.165, 1.54) is 36.4 Å². The van der Waals surface area contributed by atoms with Crippen molar-refractivity contribution >= 4 is 21.9 Å². The Hall–Kier alpha value is -2.94. The van der Waals surface area contributed by atoms with Crippen molar-refractivity contribution in [1.29, 1.82) is 0 Å². The summed E-state index contributed by atoms with van der Waals surface area (Å²) in [6, 6.07) is 9.34. The van der Waals surface area contributed by atoms with Crippen LogP contribution in [0.15, 0.2) is 57.9 Å². The van der Waals surface area contributed by atoms with E-state index < -0.39 is 23.3 Å². The molecule has 2 aromatic carbocycles. The number of hydrogen-bond donors (Lipinski definition) is 2. The number of hydrogen-bond acceptors (Lipinski definition) is 3. The van der Waals surface area contributed by atoms with Crippen molar-refractivity contribution in [3.05, 3.63) is 74.7 Å². The molecule has 138 valence electrons. The molecule has 0 radical (unpaired) electrons. The van der Waals surface area contributed by atoms with Crippen LogP contribution in [-0.2, 0) is 6.18 Å². The molecule has 0 aliphatic rings. The number of carboxylic acid groups (broad SMARTS) is 1. The van der Waals surface area contributed by atoms with Crippen molar-refractivity contribution in [2.45, 2.75) is 6.18 Å². The van der Waals surface area contributed by atoms with E-state index in [0.29, 0.717) is 4.47 Å². The number of carboxylic acids is 1. The number of carbonyl (C=O) groups is 1. The number of H-pyrrole nitrogens is 1. The van der Waals surface area contributed by atoms with Gasteiger partial charge in [-0.15, -0.1) is 0 Å². The second-order valence-corrected chi connectivity index (χ2v) is 6.36. The van der Waals surface area contributed by atoms with E-state index >= 15 is 0 Å². The lowest BCUT2D eigenvalue weighted by Gasteiger charge is -2.15. The number of nitrogens with one attached hydrogen (secondary N) is 1. The molecular weight excluding hydrogens is 429 g/mol. The maximum atomic E-state index is 13.3. The van der Waals surface area contributed by atoms with Crippen LogP contribution in [0.2, 0.25) is 0 Å². The molecule has 3 rings (SSSR count). The molecular formula is C18H10BrF3N2O3. The zero-order valence-corrected chi connectivity index (χ0v) is 14.9. The van der Waals surface area contributed by atoms with Gasteiger partial charge in [0.05, 0.1) is 5.56 Å². The Balaban J connectivity index is 2.23. The fourth-order valence-corrected chi connectivity index (χ4v) is 3.02. The minimum absolute atomic E-state index is 0.0791. The Kier molecular flexibility index (Phi) is 4.88. The molecule has 0 atom stereocenters. The number of aromatic amines is 1. The van der Waals surface area contributed by atoms with Crippen LogP contribution in [-0.4, -0.2) is 21.0 Å². The van der Waals surface area contributed by atoms with E-state index in [-0.39, 0.29) is 28.1 Å². The molecule has 0 saturated carbocycles. The second kappa shape index (κ2) is 6.99. The predicted molar refractivity (Wildman–Crippen MR) is 95.4 cm³/mol. The summed E-state index contributed by atoms with van der Waals surface area (Å²) >= 11 is 3.23. The number of rotatable bonds is 3. The molecule has 2 N–H and O–H groups in total. The Morgan fingerprint density at radius 1 is 1.11 bits per heavy atom. The number of aromatic carboxylic acids is 1. The number of nitrogens with zero attached hydrogens (tertiary/aromatic N) is 1. The lowest BCUT2D eigenvalue weighted by Crippen LogP contribution is -2.15. The van der Waals surface area contributed by atoms with Gasteiger partial charge in [0.15, 0.2) is 5.69 Å². The smallest absolute Gasteiger partial charge is 0.417 e. The number of halogens is 4. The SMILES string of the molecule is O=C(O)c1c[nH]c(=O)c(-c2ccc(Br)c(-c3ccccc3C(F)(F)F)c2)n1. The molecule has 5 nitrogen and oxygen atoms in total. The Morgan fingerprint density at radius 3 is 2.48 bits per heavy atom. The van der Waals surface area contributed by atoms with Crippen molar-refractivity contribution < 1.29 is 23.1 Å². The summed E-state index contributed by atoms with van der Waals surface area (Å²) in [5.41, 5.74) is -1.76. The monoisotopic (exact) mass is 438 g/mol.